The van der Waals surface area contributed by atoms with E-state index in [0.717, 1.165) is 16.7 Å². The Balaban J connectivity index is 2.19. The summed E-state index contributed by atoms with van der Waals surface area (Å²) < 4.78 is 0. The van der Waals surface area contributed by atoms with Crippen molar-refractivity contribution in [2.24, 2.45) is 0 Å². The molecule has 0 spiro atoms. The van der Waals surface area contributed by atoms with Crippen molar-refractivity contribution in [2.45, 2.75) is 6.92 Å². The zero-order valence-corrected chi connectivity index (χ0v) is 9.59. The van der Waals surface area contributed by atoms with Gasteiger partial charge in [-0.15, -0.1) is 0 Å². The van der Waals surface area contributed by atoms with Gasteiger partial charge < -0.3 is 0 Å². The van der Waals surface area contributed by atoms with E-state index < -0.39 is 0 Å². The molecule has 0 aliphatic heterocycles. The number of hydrogen-bond acceptors (Lipinski definition) is 2. The monoisotopic (exact) mass is 220 g/mol. The van der Waals surface area contributed by atoms with Gasteiger partial charge in [-0.05, 0) is 30.2 Å². The second kappa shape index (κ2) is 3.98. The SMILES string of the molecule is Cc1cnc2ccc(-c3ccccc3)cc2n1. The Morgan fingerprint density at radius 1 is 0.824 bits per heavy atom. The summed E-state index contributed by atoms with van der Waals surface area (Å²) in [6.45, 7) is 1.96. The van der Waals surface area contributed by atoms with Crippen molar-refractivity contribution in [2.75, 3.05) is 0 Å². The molecule has 3 aromatic rings. The highest BCUT2D eigenvalue weighted by Gasteiger charge is 2.01. The topological polar surface area (TPSA) is 25.8 Å². The summed E-state index contributed by atoms with van der Waals surface area (Å²) in [5.41, 5.74) is 5.22. The summed E-state index contributed by atoms with van der Waals surface area (Å²) in [7, 11) is 0. The molecular formula is C15H12N2. The number of nitrogens with zero attached hydrogens (tertiary/aromatic N) is 2. The van der Waals surface area contributed by atoms with E-state index in [4.69, 9.17) is 0 Å². The Hall–Kier alpha value is -2.22. The molecule has 2 nitrogen and oxygen atoms in total. The number of benzene rings is 2. The van der Waals surface area contributed by atoms with Gasteiger partial charge >= 0.3 is 0 Å². The molecule has 1 aromatic heterocycles. The van der Waals surface area contributed by atoms with Gasteiger partial charge in [0, 0.05) is 6.20 Å². The minimum atomic E-state index is 0.940. The zero-order chi connectivity index (χ0) is 11.7. The molecule has 2 heteroatoms. The fraction of sp³-hybridized carbons (Fsp3) is 0.0667. The van der Waals surface area contributed by atoms with Gasteiger partial charge in [0.1, 0.15) is 0 Å². The van der Waals surface area contributed by atoms with Crippen molar-refractivity contribution in [1.29, 1.82) is 0 Å². The van der Waals surface area contributed by atoms with Gasteiger partial charge in [0.15, 0.2) is 0 Å². The smallest absolute Gasteiger partial charge is 0.0896 e. The fourth-order valence-corrected chi connectivity index (χ4v) is 1.91. The number of hydrogen-bond donors (Lipinski definition) is 0. The van der Waals surface area contributed by atoms with E-state index in [0.29, 0.717) is 0 Å². The zero-order valence-electron chi connectivity index (χ0n) is 9.59. The molecule has 0 bridgehead atoms. The molecule has 0 saturated heterocycles. The van der Waals surface area contributed by atoms with Crippen molar-refractivity contribution < 1.29 is 0 Å². The summed E-state index contributed by atoms with van der Waals surface area (Å²) in [6, 6.07) is 16.5. The van der Waals surface area contributed by atoms with E-state index in [2.05, 4.69) is 34.2 Å². The van der Waals surface area contributed by atoms with Gasteiger partial charge in [-0.25, -0.2) is 4.98 Å². The minimum Gasteiger partial charge on any atom is -0.253 e. The molecule has 0 fully saturated rings. The van der Waals surface area contributed by atoms with Crippen molar-refractivity contribution in [3.63, 3.8) is 0 Å². The lowest BCUT2D eigenvalue weighted by Gasteiger charge is -2.03. The summed E-state index contributed by atoms with van der Waals surface area (Å²) in [6.07, 6.45) is 1.80. The van der Waals surface area contributed by atoms with Crippen LogP contribution in [-0.4, -0.2) is 9.97 Å². The Kier molecular flexibility index (Phi) is 2.33. The highest BCUT2D eigenvalue weighted by molar-refractivity contribution is 5.81. The molecule has 0 saturated carbocycles. The second-order valence-corrected chi connectivity index (χ2v) is 4.08. The van der Waals surface area contributed by atoms with Gasteiger partial charge in [0.05, 0.1) is 16.7 Å². The Labute approximate surface area is 100.0 Å². The maximum Gasteiger partial charge on any atom is 0.0896 e. The van der Waals surface area contributed by atoms with Crippen molar-refractivity contribution >= 4 is 11.0 Å². The summed E-state index contributed by atoms with van der Waals surface area (Å²) in [4.78, 5) is 8.85. The van der Waals surface area contributed by atoms with E-state index in [1.165, 1.54) is 11.1 Å². The van der Waals surface area contributed by atoms with Gasteiger partial charge in [-0.2, -0.15) is 0 Å². The van der Waals surface area contributed by atoms with E-state index >= 15 is 0 Å². The van der Waals surface area contributed by atoms with Gasteiger partial charge in [-0.1, -0.05) is 36.4 Å². The molecule has 0 aliphatic carbocycles. The first-order valence-corrected chi connectivity index (χ1v) is 5.62. The normalized spacial score (nSPS) is 10.6. The van der Waals surface area contributed by atoms with Crippen LogP contribution in [-0.2, 0) is 0 Å². The minimum absolute atomic E-state index is 0.940. The first kappa shape index (κ1) is 9.97. The summed E-state index contributed by atoms with van der Waals surface area (Å²) in [5.74, 6) is 0. The van der Waals surface area contributed by atoms with Crippen LogP contribution in [0, 0.1) is 6.92 Å². The largest absolute Gasteiger partial charge is 0.253 e. The molecule has 0 atom stereocenters. The van der Waals surface area contributed by atoms with Crippen molar-refractivity contribution in [3.8, 4) is 11.1 Å². The molecule has 2 aromatic carbocycles. The van der Waals surface area contributed by atoms with Crippen LogP contribution in [0.3, 0.4) is 0 Å². The van der Waals surface area contributed by atoms with Crippen LogP contribution in [0.1, 0.15) is 5.69 Å². The molecule has 0 amide bonds. The molecule has 82 valence electrons. The first-order chi connectivity index (χ1) is 8.33. The lowest BCUT2D eigenvalue weighted by Crippen LogP contribution is -1.87. The molecular weight excluding hydrogens is 208 g/mol. The molecule has 1 heterocycles. The standard InChI is InChI=1S/C15H12N2/c1-11-10-16-14-8-7-13(9-15(14)17-11)12-5-3-2-4-6-12/h2-10H,1H3. The van der Waals surface area contributed by atoms with Crippen LogP contribution in [0.5, 0.6) is 0 Å². The molecule has 0 radical (unpaired) electrons. The lowest BCUT2D eigenvalue weighted by molar-refractivity contribution is 1.19. The second-order valence-electron chi connectivity index (χ2n) is 4.08. The fourth-order valence-electron chi connectivity index (χ4n) is 1.91. The average Bonchev–Trinajstić information content (AvgIpc) is 2.39. The first-order valence-electron chi connectivity index (χ1n) is 5.62. The maximum atomic E-state index is 4.50. The van der Waals surface area contributed by atoms with Crippen LogP contribution < -0.4 is 0 Å². The van der Waals surface area contributed by atoms with Gasteiger partial charge in [-0.3, -0.25) is 4.98 Å². The Morgan fingerprint density at radius 3 is 2.47 bits per heavy atom. The molecule has 0 N–H and O–H groups in total. The van der Waals surface area contributed by atoms with Crippen LogP contribution in [0.15, 0.2) is 54.7 Å². The third-order valence-corrected chi connectivity index (χ3v) is 2.77. The Morgan fingerprint density at radius 2 is 1.65 bits per heavy atom. The quantitative estimate of drug-likeness (QED) is 0.626. The molecule has 0 unspecified atom stereocenters. The molecule has 17 heavy (non-hydrogen) atoms. The summed E-state index contributed by atoms with van der Waals surface area (Å²) in [5, 5.41) is 0. The van der Waals surface area contributed by atoms with Gasteiger partial charge in [0.25, 0.3) is 0 Å². The average molecular weight is 220 g/mol. The van der Waals surface area contributed by atoms with Crippen molar-refractivity contribution in [1.82, 2.24) is 9.97 Å². The maximum absolute atomic E-state index is 4.50. The van der Waals surface area contributed by atoms with Crippen molar-refractivity contribution in [3.05, 3.63) is 60.4 Å². The third-order valence-electron chi connectivity index (χ3n) is 2.77. The van der Waals surface area contributed by atoms with Gasteiger partial charge in [0.2, 0.25) is 0 Å². The Bertz CT molecular complexity index is 660. The van der Waals surface area contributed by atoms with Crippen LogP contribution >= 0.6 is 0 Å². The highest BCUT2D eigenvalue weighted by Crippen LogP contribution is 2.22. The summed E-state index contributed by atoms with van der Waals surface area (Å²) >= 11 is 0. The van der Waals surface area contributed by atoms with Crippen LogP contribution in [0.25, 0.3) is 22.2 Å². The van der Waals surface area contributed by atoms with Crippen LogP contribution in [0.2, 0.25) is 0 Å². The predicted octanol–water partition coefficient (Wildman–Crippen LogP) is 3.61. The third kappa shape index (κ3) is 1.89. The van der Waals surface area contributed by atoms with Crippen LogP contribution in [0.4, 0.5) is 0 Å². The van der Waals surface area contributed by atoms with E-state index in [1.807, 2.05) is 31.2 Å². The molecule has 0 aliphatic rings. The molecule has 3 rings (SSSR count). The van der Waals surface area contributed by atoms with E-state index in [-0.39, 0.29) is 0 Å². The highest BCUT2D eigenvalue weighted by atomic mass is 14.8. The van der Waals surface area contributed by atoms with E-state index in [9.17, 15) is 0 Å². The number of aryl methyl sites for hydroxylation is 1. The lowest BCUT2D eigenvalue weighted by atomic mass is 10.1. The number of fused-ring (bicyclic) bond motifs is 1. The number of rotatable bonds is 1. The predicted molar refractivity (Wildman–Crippen MR) is 69.7 cm³/mol. The van der Waals surface area contributed by atoms with E-state index in [1.54, 1.807) is 6.20 Å². The number of aromatic nitrogens is 2.